The lowest BCUT2D eigenvalue weighted by Crippen LogP contribution is -2.38. The van der Waals surface area contributed by atoms with E-state index in [0.717, 1.165) is 41.7 Å². The Kier molecular flexibility index (Phi) is 4.51. The van der Waals surface area contributed by atoms with Gasteiger partial charge in [-0.2, -0.15) is 5.10 Å². The summed E-state index contributed by atoms with van der Waals surface area (Å²) in [5.41, 5.74) is 3.93. The maximum Gasteiger partial charge on any atom is 0.254 e. The first kappa shape index (κ1) is 19.2. The van der Waals surface area contributed by atoms with Crippen molar-refractivity contribution >= 4 is 23.2 Å². The SMILES string of the molecule is O=C(c1ccc(F)cc1CC1C[C@H]2CC[C@@H](C1)N2)N1Cc2nn3cc(Cl)cnc3c2C1. The zero-order valence-electron chi connectivity index (χ0n) is 17.0. The molecule has 0 spiro atoms. The van der Waals surface area contributed by atoms with Crippen molar-refractivity contribution in [3.63, 3.8) is 0 Å². The molecule has 2 aromatic heterocycles. The zero-order valence-corrected chi connectivity index (χ0v) is 17.8. The maximum absolute atomic E-state index is 14.1. The summed E-state index contributed by atoms with van der Waals surface area (Å²) in [5.74, 6) is 0.130. The van der Waals surface area contributed by atoms with Gasteiger partial charge < -0.3 is 10.2 Å². The summed E-state index contributed by atoms with van der Waals surface area (Å²) >= 11 is 6.01. The van der Waals surface area contributed by atoms with Crippen molar-refractivity contribution in [3.8, 4) is 0 Å². The van der Waals surface area contributed by atoms with Crippen molar-refractivity contribution in [2.45, 2.75) is 57.3 Å². The average Bonchev–Trinajstić information content (AvgIpc) is 3.39. The van der Waals surface area contributed by atoms with Crippen LogP contribution in [0.4, 0.5) is 4.39 Å². The van der Waals surface area contributed by atoms with Crippen LogP contribution in [0.1, 0.15) is 52.9 Å². The van der Waals surface area contributed by atoms with Crippen LogP contribution in [0, 0.1) is 11.7 Å². The lowest BCUT2D eigenvalue weighted by molar-refractivity contribution is 0.0748. The van der Waals surface area contributed by atoms with Gasteiger partial charge in [0.2, 0.25) is 0 Å². The van der Waals surface area contributed by atoms with Gasteiger partial charge in [-0.3, -0.25) is 4.79 Å². The number of nitrogens with one attached hydrogen (secondary N) is 1. The molecule has 0 radical (unpaired) electrons. The minimum atomic E-state index is -0.285. The first-order valence-corrected chi connectivity index (χ1v) is 11.3. The fourth-order valence-corrected chi connectivity index (χ4v) is 5.77. The van der Waals surface area contributed by atoms with Crippen molar-refractivity contribution in [3.05, 3.63) is 63.8 Å². The Hall–Kier alpha value is -2.51. The largest absolute Gasteiger partial charge is 0.328 e. The topological polar surface area (TPSA) is 62.5 Å². The normalized spacial score (nSPS) is 24.7. The molecule has 8 heteroatoms. The fourth-order valence-electron chi connectivity index (χ4n) is 5.63. The molecule has 0 aliphatic carbocycles. The molecular weight excluding hydrogens is 417 g/mol. The predicted octanol–water partition coefficient (Wildman–Crippen LogP) is 3.75. The predicted molar refractivity (Wildman–Crippen MR) is 114 cm³/mol. The molecule has 3 atom stereocenters. The number of nitrogens with zero attached hydrogens (tertiary/aromatic N) is 4. The summed E-state index contributed by atoms with van der Waals surface area (Å²) in [6.07, 6.45) is 8.71. The standard InChI is InChI=1S/C23H23ClFN5O/c24-15-9-26-22-20-11-29(12-21(20)28-30(22)10-15)23(31)19-4-1-16(25)8-14(19)5-13-6-17-2-3-18(7-13)27-17/h1,4,8-10,13,17-18,27H,2-3,5-7,11-12H2/t13?,17-,18+. The summed E-state index contributed by atoms with van der Waals surface area (Å²) < 4.78 is 15.8. The number of rotatable bonds is 3. The van der Waals surface area contributed by atoms with Crippen LogP contribution in [0.15, 0.2) is 30.6 Å². The van der Waals surface area contributed by atoms with Gasteiger partial charge in [-0.1, -0.05) is 11.6 Å². The molecule has 3 aliphatic heterocycles. The molecule has 1 amide bonds. The first-order valence-electron chi connectivity index (χ1n) is 10.9. The number of carbonyl (C=O) groups is 1. The number of benzene rings is 1. The number of carbonyl (C=O) groups excluding carboxylic acids is 1. The molecule has 160 valence electrons. The molecule has 31 heavy (non-hydrogen) atoms. The van der Waals surface area contributed by atoms with Gasteiger partial charge in [0.15, 0.2) is 5.65 Å². The molecule has 6 rings (SSSR count). The molecule has 1 N–H and O–H groups in total. The van der Waals surface area contributed by atoms with Gasteiger partial charge in [0.05, 0.1) is 30.0 Å². The third-order valence-corrected chi connectivity index (χ3v) is 7.17. The minimum absolute atomic E-state index is 0.0722. The molecule has 1 aromatic carbocycles. The fraction of sp³-hybridized carbons (Fsp3) is 0.435. The monoisotopic (exact) mass is 439 g/mol. The molecule has 5 heterocycles. The number of hydrogen-bond donors (Lipinski definition) is 1. The van der Waals surface area contributed by atoms with E-state index in [4.69, 9.17) is 11.6 Å². The number of piperidine rings is 1. The van der Waals surface area contributed by atoms with Crippen LogP contribution in [-0.4, -0.2) is 37.5 Å². The highest BCUT2D eigenvalue weighted by molar-refractivity contribution is 6.30. The van der Waals surface area contributed by atoms with E-state index in [9.17, 15) is 9.18 Å². The Morgan fingerprint density at radius 1 is 1.23 bits per heavy atom. The van der Waals surface area contributed by atoms with E-state index in [-0.39, 0.29) is 11.7 Å². The summed E-state index contributed by atoms with van der Waals surface area (Å²) in [6.45, 7) is 0.865. The Morgan fingerprint density at radius 3 is 2.84 bits per heavy atom. The Labute approximate surface area is 184 Å². The second kappa shape index (κ2) is 7.28. The van der Waals surface area contributed by atoms with Crippen molar-refractivity contribution in [2.75, 3.05) is 0 Å². The van der Waals surface area contributed by atoms with E-state index < -0.39 is 0 Å². The summed E-state index contributed by atoms with van der Waals surface area (Å²) in [4.78, 5) is 19.6. The van der Waals surface area contributed by atoms with E-state index in [1.165, 1.54) is 18.9 Å². The Bertz CT molecular complexity index is 1180. The van der Waals surface area contributed by atoms with E-state index in [2.05, 4.69) is 15.4 Å². The van der Waals surface area contributed by atoms with Gasteiger partial charge in [-0.25, -0.2) is 13.9 Å². The summed E-state index contributed by atoms with van der Waals surface area (Å²) in [6, 6.07) is 5.72. The number of hydrogen-bond acceptors (Lipinski definition) is 4. The zero-order chi connectivity index (χ0) is 21.1. The third-order valence-electron chi connectivity index (χ3n) is 6.97. The maximum atomic E-state index is 14.1. The van der Waals surface area contributed by atoms with Crippen LogP contribution in [0.5, 0.6) is 0 Å². The van der Waals surface area contributed by atoms with Crippen molar-refractivity contribution < 1.29 is 9.18 Å². The van der Waals surface area contributed by atoms with E-state index >= 15 is 0 Å². The highest BCUT2D eigenvalue weighted by Gasteiger charge is 2.35. The van der Waals surface area contributed by atoms with Gasteiger partial charge in [0.1, 0.15) is 5.82 Å². The lowest BCUT2D eigenvalue weighted by atomic mass is 9.85. The highest BCUT2D eigenvalue weighted by atomic mass is 35.5. The van der Waals surface area contributed by atoms with Crippen LogP contribution in [0.2, 0.25) is 5.02 Å². The van der Waals surface area contributed by atoms with Gasteiger partial charge >= 0.3 is 0 Å². The first-order chi connectivity index (χ1) is 15.0. The highest BCUT2D eigenvalue weighted by Crippen LogP contribution is 2.34. The minimum Gasteiger partial charge on any atom is -0.328 e. The molecule has 2 saturated heterocycles. The van der Waals surface area contributed by atoms with E-state index in [0.29, 0.717) is 41.7 Å². The van der Waals surface area contributed by atoms with Crippen LogP contribution in [0.3, 0.4) is 0 Å². The molecular formula is C23H23ClFN5O. The van der Waals surface area contributed by atoms with Crippen molar-refractivity contribution in [2.24, 2.45) is 5.92 Å². The van der Waals surface area contributed by atoms with Gasteiger partial charge in [0, 0.05) is 29.4 Å². The van der Waals surface area contributed by atoms with Gasteiger partial charge in [0.25, 0.3) is 5.91 Å². The number of amides is 1. The van der Waals surface area contributed by atoms with Crippen LogP contribution in [0.25, 0.3) is 5.65 Å². The number of halogens is 2. The quantitative estimate of drug-likeness (QED) is 0.675. The van der Waals surface area contributed by atoms with E-state index in [1.807, 2.05) is 0 Å². The number of fused-ring (bicyclic) bond motifs is 5. The van der Waals surface area contributed by atoms with Crippen LogP contribution >= 0.6 is 11.6 Å². The summed E-state index contributed by atoms with van der Waals surface area (Å²) in [5, 5.41) is 8.71. The third kappa shape index (κ3) is 3.40. The molecule has 1 unspecified atom stereocenters. The molecule has 2 fully saturated rings. The average molecular weight is 440 g/mol. The van der Waals surface area contributed by atoms with Crippen LogP contribution < -0.4 is 5.32 Å². The summed E-state index contributed by atoms with van der Waals surface area (Å²) in [7, 11) is 0. The molecule has 2 bridgehead atoms. The van der Waals surface area contributed by atoms with E-state index in [1.54, 1.807) is 33.9 Å². The number of aromatic nitrogens is 3. The van der Waals surface area contributed by atoms with Crippen LogP contribution in [-0.2, 0) is 19.5 Å². The Morgan fingerprint density at radius 2 is 2.03 bits per heavy atom. The van der Waals surface area contributed by atoms with Gasteiger partial charge in [-0.05, 0) is 61.8 Å². The molecule has 3 aromatic rings. The van der Waals surface area contributed by atoms with Gasteiger partial charge in [-0.15, -0.1) is 0 Å². The smallest absolute Gasteiger partial charge is 0.254 e. The molecule has 0 saturated carbocycles. The molecule has 6 nitrogen and oxygen atoms in total. The van der Waals surface area contributed by atoms with Crippen molar-refractivity contribution in [1.29, 1.82) is 0 Å². The van der Waals surface area contributed by atoms with Crippen molar-refractivity contribution in [1.82, 2.24) is 24.8 Å². The lowest BCUT2D eigenvalue weighted by Gasteiger charge is -2.29. The Balaban J connectivity index is 1.25. The molecule has 3 aliphatic rings. The second-order valence-electron chi connectivity index (χ2n) is 9.11. The second-order valence-corrected chi connectivity index (χ2v) is 9.54.